The van der Waals surface area contributed by atoms with E-state index in [9.17, 15) is 4.21 Å². The van der Waals surface area contributed by atoms with Crippen molar-refractivity contribution in [1.29, 1.82) is 5.41 Å². The Hall–Kier alpha value is -2.25. The molecule has 0 aliphatic carbocycles. The van der Waals surface area contributed by atoms with Crippen molar-refractivity contribution in [3.8, 4) is 10.6 Å². The first-order valence-electron chi connectivity index (χ1n) is 6.89. The van der Waals surface area contributed by atoms with Gasteiger partial charge in [-0.2, -0.15) is 0 Å². The molecule has 3 rings (SSSR count). The minimum absolute atomic E-state index is 0.598. The van der Waals surface area contributed by atoms with Crippen molar-refractivity contribution in [2.75, 3.05) is 6.26 Å². The molecule has 0 saturated carbocycles. The minimum Gasteiger partial charge on any atom is -0.402 e. The van der Waals surface area contributed by atoms with Gasteiger partial charge in [-0.15, -0.1) is 11.3 Å². The Morgan fingerprint density at radius 3 is 2.78 bits per heavy atom. The van der Waals surface area contributed by atoms with Gasteiger partial charge in [-0.05, 0) is 31.2 Å². The van der Waals surface area contributed by atoms with Crippen molar-refractivity contribution >= 4 is 39.6 Å². The number of nitrogens with zero attached hydrogens (tertiary/aromatic N) is 2. The fraction of sp³-hybridized carbons (Fsp3) is 0.125. The van der Waals surface area contributed by atoms with Gasteiger partial charge in [0.25, 0.3) is 0 Å². The Balaban J connectivity index is 2.17. The van der Waals surface area contributed by atoms with E-state index in [2.05, 4.69) is 4.98 Å². The minimum atomic E-state index is -0.988. The van der Waals surface area contributed by atoms with Gasteiger partial charge in [0.1, 0.15) is 5.65 Å². The van der Waals surface area contributed by atoms with Crippen LogP contribution in [-0.2, 0) is 10.8 Å². The predicted octanol–water partition coefficient (Wildman–Crippen LogP) is 3.14. The van der Waals surface area contributed by atoms with Gasteiger partial charge < -0.3 is 11.1 Å². The second-order valence-electron chi connectivity index (χ2n) is 5.10. The fourth-order valence-electron chi connectivity index (χ4n) is 2.36. The smallest absolute Gasteiger partial charge is 0.137 e. The van der Waals surface area contributed by atoms with E-state index >= 15 is 0 Å². The van der Waals surface area contributed by atoms with E-state index in [0.29, 0.717) is 11.3 Å². The molecular formula is C16H16N4OS2. The third kappa shape index (κ3) is 2.85. The number of aromatic nitrogens is 2. The van der Waals surface area contributed by atoms with Crippen LogP contribution in [0.4, 0.5) is 0 Å². The zero-order valence-electron chi connectivity index (χ0n) is 12.7. The lowest BCUT2D eigenvalue weighted by Gasteiger charge is -2.06. The summed E-state index contributed by atoms with van der Waals surface area (Å²) in [5, 5.41) is 7.55. The zero-order valence-corrected chi connectivity index (χ0v) is 14.4. The Kier molecular flexibility index (Phi) is 4.14. The van der Waals surface area contributed by atoms with Gasteiger partial charge in [0, 0.05) is 35.5 Å². The average Bonchev–Trinajstić information content (AvgIpc) is 3.13. The van der Waals surface area contributed by atoms with Crippen LogP contribution in [0.15, 0.2) is 46.6 Å². The molecule has 5 nitrogen and oxygen atoms in total. The van der Waals surface area contributed by atoms with Crippen molar-refractivity contribution in [2.45, 2.75) is 11.1 Å². The van der Waals surface area contributed by atoms with Crippen LogP contribution in [0.5, 0.6) is 0 Å². The molecule has 0 aromatic carbocycles. The molecule has 0 saturated heterocycles. The third-order valence-corrected chi connectivity index (χ3v) is 6.06. The summed E-state index contributed by atoms with van der Waals surface area (Å²) in [6.07, 6.45) is 6.66. The number of allylic oxidation sites excluding steroid dienone is 2. The molecule has 0 fully saturated rings. The first-order chi connectivity index (χ1) is 11.0. The molecule has 7 heteroatoms. The number of pyridine rings is 1. The Morgan fingerprint density at radius 2 is 2.17 bits per heavy atom. The normalized spacial score (nSPS) is 13.8. The van der Waals surface area contributed by atoms with Crippen molar-refractivity contribution in [2.24, 2.45) is 5.73 Å². The summed E-state index contributed by atoms with van der Waals surface area (Å²) < 4.78 is 14.4. The number of hydrogen-bond donors (Lipinski definition) is 2. The van der Waals surface area contributed by atoms with Gasteiger partial charge in [0.05, 0.1) is 31.8 Å². The summed E-state index contributed by atoms with van der Waals surface area (Å²) in [6.45, 7) is 1.78. The van der Waals surface area contributed by atoms with Crippen LogP contribution in [0.25, 0.3) is 21.8 Å². The number of thiophene rings is 1. The van der Waals surface area contributed by atoms with E-state index in [1.807, 2.05) is 34.9 Å². The number of rotatable bonds is 4. The van der Waals surface area contributed by atoms with Crippen LogP contribution in [0, 0.1) is 5.41 Å². The molecular weight excluding hydrogens is 328 g/mol. The SMILES string of the molecule is CC(N)=C(C=N)c1ccc2ncc(-c3ccc(S(C)=O)s3)n2c1. The second kappa shape index (κ2) is 6.10. The maximum absolute atomic E-state index is 11.6. The van der Waals surface area contributed by atoms with Crippen molar-refractivity contribution in [3.63, 3.8) is 0 Å². The molecule has 3 aromatic heterocycles. The molecule has 0 radical (unpaired) electrons. The zero-order chi connectivity index (χ0) is 16.6. The molecule has 0 bridgehead atoms. The largest absolute Gasteiger partial charge is 0.402 e. The summed E-state index contributed by atoms with van der Waals surface area (Å²) in [4.78, 5) is 5.41. The fourth-order valence-corrected chi connectivity index (χ4v) is 4.10. The van der Waals surface area contributed by atoms with Crippen LogP contribution in [0.2, 0.25) is 0 Å². The highest BCUT2D eigenvalue weighted by molar-refractivity contribution is 7.86. The van der Waals surface area contributed by atoms with Crippen molar-refractivity contribution < 1.29 is 4.21 Å². The number of nitrogens with one attached hydrogen (secondary N) is 1. The Labute approximate surface area is 140 Å². The average molecular weight is 344 g/mol. The van der Waals surface area contributed by atoms with E-state index in [1.165, 1.54) is 17.6 Å². The maximum atomic E-state index is 11.6. The topological polar surface area (TPSA) is 84.2 Å². The first kappa shape index (κ1) is 15.6. The van der Waals surface area contributed by atoms with Gasteiger partial charge in [-0.1, -0.05) is 0 Å². The highest BCUT2D eigenvalue weighted by Crippen LogP contribution is 2.30. The second-order valence-corrected chi connectivity index (χ2v) is 7.79. The maximum Gasteiger partial charge on any atom is 0.137 e. The highest BCUT2D eigenvalue weighted by Gasteiger charge is 2.12. The lowest BCUT2D eigenvalue weighted by molar-refractivity contribution is 0.688. The lowest BCUT2D eigenvalue weighted by Crippen LogP contribution is -2.00. The van der Waals surface area contributed by atoms with E-state index < -0.39 is 10.8 Å². The summed E-state index contributed by atoms with van der Waals surface area (Å²) in [6, 6.07) is 7.65. The number of fused-ring (bicyclic) bond motifs is 1. The molecule has 1 atom stereocenters. The lowest BCUT2D eigenvalue weighted by atomic mass is 10.1. The molecule has 23 heavy (non-hydrogen) atoms. The first-order valence-corrected chi connectivity index (χ1v) is 9.26. The van der Waals surface area contributed by atoms with E-state index in [1.54, 1.807) is 19.4 Å². The van der Waals surface area contributed by atoms with Crippen LogP contribution in [0.1, 0.15) is 12.5 Å². The number of imidazole rings is 1. The summed E-state index contributed by atoms with van der Waals surface area (Å²) in [5.41, 5.74) is 9.75. The quantitative estimate of drug-likeness (QED) is 0.713. The highest BCUT2D eigenvalue weighted by atomic mass is 32.2. The van der Waals surface area contributed by atoms with Gasteiger partial charge in [0.2, 0.25) is 0 Å². The van der Waals surface area contributed by atoms with Gasteiger partial charge in [-0.3, -0.25) is 8.61 Å². The Morgan fingerprint density at radius 1 is 1.39 bits per heavy atom. The van der Waals surface area contributed by atoms with Gasteiger partial charge in [-0.25, -0.2) is 4.98 Å². The predicted molar refractivity (Wildman–Crippen MR) is 96.4 cm³/mol. The summed E-state index contributed by atoms with van der Waals surface area (Å²) in [7, 11) is -0.988. The monoisotopic (exact) mass is 344 g/mol. The summed E-state index contributed by atoms with van der Waals surface area (Å²) >= 11 is 1.50. The molecule has 0 amide bonds. The van der Waals surface area contributed by atoms with E-state index in [-0.39, 0.29) is 0 Å². The van der Waals surface area contributed by atoms with Crippen LogP contribution in [-0.4, -0.2) is 26.1 Å². The molecule has 118 valence electrons. The van der Waals surface area contributed by atoms with E-state index in [4.69, 9.17) is 11.1 Å². The molecule has 3 heterocycles. The molecule has 0 spiro atoms. The molecule has 3 aromatic rings. The number of nitrogens with two attached hydrogens (primary N) is 1. The van der Waals surface area contributed by atoms with Crippen LogP contribution < -0.4 is 5.73 Å². The van der Waals surface area contributed by atoms with Gasteiger partial charge in [0.15, 0.2) is 0 Å². The van der Waals surface area contributed by atoms with Crippen LogP contribution in [0.3, 0.4) is 0 Å². The van der Waals surface area contributed by atoms with Crippen molar-refractivity contribution in [3.05, 3.63) is 47.9 Å². The third-order valence-electron chi connectivity index (χ3n) is 3.50. The molecule has 1 unspecified atom stereocenters. The Bertz CT molecular complexity index is 948. The van der Waals surface area contributed by atoms with Crippen molar-refractivity contribution in [1.82, 2.24) is 9.38 Å². The molecule has 0 aliphatic heterocycles. The molecule has 0 aliphatic rings. The van der Waals surface area contributed by atoms with E-state index in [0.717, 1.165) is 26.0 Å². The van der Waals surface area contributed by atoms with Gasteiger partial charge >= 0.3 is 0 Å². The standard InChI is InChI=1S/C16H16N4OS2/c1-10(18)12(7-17)11-3-5-15-19-8-13(20(15)9-11)14-4-6-16(22-14)23(2)21/h3-9,17H,18H2,1-2H3. The summed E-state index contributed by atoms with van der Waals surface area (Å²) in [5.74, 6) is 0. The molecule has 3 N–H and O–H groups in total. The van der Waals surface area contributed by atoms with Crippen LogP contribution >= 0.6 is 11.3 Å². The number of hydrogen-bond acceptors (Lipinski definition) is 5.